The van der Waals surface area contributed by atoms with E-state index in [1.807, 2.05) is 13.0 Å². The molecule has 0 heterocycles. The predicted octanol–water partition coefficient (Wildman–Crippen LogP) is 4.86. The van der Waals surface area contributed by atoms with Crippen molar-refractivity contribution in [1.29, 1.82) is 0 Å². The van der Waals surface area contributed by atoms with Crippen LogP contribution in [0.3, 0.4) is 0 Å². The highest BCUT2D eigenvalue weighted by Crippen LogP contribution is 2.27. The van der Waals surface area contributed by atoms with Crippen LogP contribution in [0.5, 0.6) is 5.75 Å². The molecule has 0 aliphatic rings. The zero-order valence-electron chi connectivity index (χ0n) is 17.3. The molecule has 3 rings (SSSR count). The van der Waals surface area contributed by atoms with Crippen molar-refractivity contribution in [3.63, 3.8) is 0 Å². The third-order valence-electron chi connectivity index (χ3n) is 4.99. The molecular weight excluding hydrogens is 516 g/mol. The fraction of sp³-hybridized carbons (Fsp3) is 0.217. The number of hydrogen-bond donors (Lipinski definition) is 4. The second-order valence-electron chi connectivity index (χ2n) is 7.40. The van der Waals surface area contributed by atoms with Gasteiger partial charge in [-0.2, -0.15) is 0 Å². The SMILES string of the molecule is C[C@H](NCCc1ccc(NS(=O)(=O)c2ccc(Br)cc2)c(Cl)c1)[C@H](O)c1ccc(O)cc1. The molecule has 0 aliphatic carbocycles. The Hall–Kier alpha value is -2.10. The number of nitrogens with one attached hydrogen (secondary N) is 2. The van der Waals surface area contributed by atoms with Gasteiger partial charge in [-0.1, -0.05) is 45.7 Å². The monoisotopic (exact) mass is 538 g/mol. The third kappa shape index (κ3) is 6.46. The second-order valence-corrected chi connectivity index (χ2v) is 10.4. The number of phenols is 1. The Kier molecular flexibility index (Phi) is 8.19. The maximum atomic E-state index is 12.6. The standard InChI is InChI=1S/C23H24BrClN2O4S/c1-15(23(29)17-3-7-19(28)8-4-17)26-13-12-16-2-11-22(21(25)14-16)27-32(30,31)20-9-5-18(24)6-10-20/h2-11,14-15,23,26-29H,12-13H2,1H3/t15-,23-/m0/s1. The average Bonchev–Trinajstić information content (AvgIpc) is 2.76. The minimum absolute atomic E-state index is 0.145. The van der Waals surface area contributed by atoms with E-state index >= 15 is 0 Å². The summed E-state index contributed by atoms with van der Waals surface area (Å²) in [6.45, 7) is 2.47. The van der Waals surface area contributed by atoms with E-state index in [0.29, 0.717) is 29.2 Å². The Morgan fingerprint density at radius 1 is 1.03 bits per heavy atom. The molecular formula is C23H24BrClN2O4S. The van der Waals surface area contributed by atoms with Gasteiger partial charge in [0.25, 0.3) is 10.0 Å². The summed E-state index contributed by atoms with van der Waals surface area (Å²) in [6.07, 6.45) is -0.0684. The lowest BCUT2D eigenvalue weighted by Gasteiger charge is -2.21. The minimum Gasteiger partial charge on any atom is -0.508 e. The van der Waals surface area contributed by atoms with Gasteiger partial charge in [0.15, 0.2) is 0 Å². The highest BCUT2D eigenvalue weighted by molar-refractivity contribution is 9.10. The van der Waals surface area contributed by atoms with Crippen LogP contribution in [-0.4, -0.2) is 31.2 Å². The van der Waals surface area contributed by atoms with Gasteiger partial charge in [-0.25, -0.2) is 8.42 Å². The number of anilines is 1. The van der Waals surface area contributed by atoms with Crippen LogP contribution in [0.2, 0.25) is 5.02 Å². The molecule has 0 aliphatic heterocycles. The van der Waals surface area contributed by atoms with Gasteiger partial charge >= 0.3 is 0 Å². The van der Waals surface area contributed by atoms with Crippen molar-refractivity contribution in [3.8, 4) is 5.75 Å². The van der Waals surface area contributed by atoms with Crippen LogP contribution in [0.1, 0.15) is 24.2 Å². The molecule has 3 aromatic carbocycles. The first-order chi connectivity index (χ1) is 15.2. The summed E-state index contributed by atoms with van der Waals surface area (Å²) >= 11 is 9.60. The largest absolute Gasteiger partial charge is 0.508 e. The number of hydrogen-bond acceptors (Lipinski definition) is 5. The van der Waals surface area contributed by atoms with Gasteiger partial charge in [0.05, 0.1) is 21.7 Å². The summed E-state index contributed by atoms with van der Waals surface area (Å²) in [6, 6.07) is 17.8. The Morgan fingerprint density at radius 2 is 1.69 bits per heavy atom. The van der Waals surface area contributed by atoms with Crippen LogP contribution < -0.4 is 10.0 Å². The summed E-state index contributed by atoms with van der Waals surface area (Å²) in [4.78, 5) is 0.145. The van der Waals surface area contributed by atoms with Crippen molar-refractivity contribution in [2.45, 2.75) is 30.4 Å². The lowest BCUT2D eigenvalue weighted by molar-refractivity contribution is 0.136. The molecule has 0 saturated carbocycles. The third-order valence-corrected chi connectivity index (χ3v) is 7.21. The van der Waals surface area contributed by atoms with E-state index < -0.39 is 16.1 Å². The molecule has 0 fully saturated rings. The maximum Gasteiger partial charge on any atom is 0.261 e. The molecule has 3 aromatic rings. The molecule has 6 nitrogen and oxygen atoms in total. The quantitative estimate of drug-likeness (QED) is 0.311. The molecule has 0 saturated heterocycles. The van der Waals surface area contributed by atoms with E-state index in [0.717, 1.165) is 10.0 Å². The number of aliphatic hydroxyl groups is 1. The normalized spacial score (nSPS) is 13.5. The van der Waals surface area contributed by atoms with E-state index in [1.165, 1.54) is 12.1 Å². The van der Waals surface area contributed by atoms with Gasteiger partial charge in [0.2, 0.25) is 0 Å². The van der Waals surface area contributed by atoms with Gasteiger partial charge in [0, 0.05) is 10.5 Å². The van der Waals surface area contributed by atoms with Crippen molar-refractivity contribution in [2.75, 3.05) is 11.3 Å². The average molecular weight is 540 g/mol. The smallest absolute Gasteiger partial charge is 0.261 e. The molecule has 0 bridgehead atoms. The fourth-order valence-corrected chi connectivity index (χ4v) is 4.78. The van der Waals surface area contributed by atoms with Crippen molar-refractivity contribution < 1.29 is 18.6 Å². The van der Waals surface area contributed by atoms with Crippen LogP contribution in [0.25, 0.3) is 0 Å². The zero-order valence-corrected chi connectivity index (χ0v) is 20.5. The molecule has 0 spiro atoms. The maximum absolute atomic E-state index is 12.6. The van der Waals surface area contributed by atoms with E-state index in [9.17, 15) is 18.6 Å². The lowest BCUT2D eigenvalue weighted by Crippen LogP contribution is -2.33. The lowest BCUT2D eigenvalue weighted by atomic mass is 10.0. The van der Waals surface area contributed by atoms with Crippen LogP contribution in [-0.2, 0) is 16.4 Å². The summed E-state index contributed by atoms with van der Waals surface area (Å²) in [5, 5.41) is 23.4. The number of phenolic OH excluding ortho intramolecular Hbond substituents is 1. The molecule has 0 aromatic heterocycles. The molecule has 9 heteroatoms. The topological polar surface area (TPSA) is 98.7 Å². The van der Waals surface area contributed by atoms with Crippen LogP contribution in [0.15, 0.2) is 76.1 Å². The number of benzene rings is 3. The van der Waals surface area contributed by atoms with Crippen molar-refractivity contribution in [2.24, 2.45) is 0 Å². The van der Waals surface area contributed by atoms with Crippen LogP contribution in [0, 0.1) is 0 Å². The highest BCUT2D eigenvalue weighted by atomic mass is 79.9. The Bertz CT molecular complexity index is 1160. The fourth-order valence-electron chi connectivity index (χ4n) is 3.13. The van der Waals surface area contributed by atoms with Gasteiger partial charge < -0.3 is 15.5 Å². The number of halogens is 2. The Labute approximate surface area is 201 Å². The summed E-state index contributed by atoms with van der Waals surface area (Å²) < 4.78 is 28.4. The number of sulfonamides is 1. The minimum atomic E-state index is -3.74. The Balaban J connectivity index is 1.57. The van der Waals surface area contributed by atoms with E-state index in [4.69, 9.17) is 11.6 Å². The first-order valence-electron chi connectivity index (χ1n) is 9.93. The molecule has 32 heavy (non-hydrogen) atoms. The summed E-state index contributed by atoms with van der Waals surface area (Å²) in [5.74, 6) is 0.154. The van der Waals surface area contributed by atoms with Crippen LogP contribution in [0.4, 0.5) is 5.69 Å². The number of aromatic hydroxyl groups is 1. The molecule has 170 valence electrons. The molecule has 0 radical (unpaired) electrons. The zero-order chi connectivity index (χ0) is 23.3. The van der Waals surface area contributed by atoms with E-state index in [2.05, 4.69) is 26.0 Å². The van der Waals surface area contributed by atoms with Gasteiger partial charge in [0.1, 0.15) is 5.75 Å². The Morgan fingerprint density at radius 3 is 2.31 bits per heavy atom. The van der Waals surface area contributed by atoms with Gasteiger partial charge in [-0.15, -0.1) is 0 Å². The van der Waals surface area contributed by atoms with Crippen molar-refractivity contribution in [3.05, 3.63) is 87.4 Å². The molecule has 0 amide bonds. The van der Waals surface area contributed by atoms with Crippen molar-refractivity contribution in [1.82, 2.24) is 5.32 Å². The first-order valence-corrected chi connectivity index (χ1v) is 12.6. The highest BCUT2D eigenvalue weighted by Gasteiger charge is 2.17. The van der Waals surface area contributed by atoms with Gasteiger partial charge in [-0.05, 0) is 79.5 Å². The van der Waals surface area contributed by atoms with Crippen molar-refractivity contribution >= 4 is 43.2 Å². The van der Waals surface area contributed by atoms with E-state index in [-0.39, 0.29) is 16.7 Å². The predicted molar refractivity (Wildman–Crippen MR) is 131 cm³/mol. The van der Waals surface area contributed by atoms with E-state index in [1.54, 1.807) is 48.5 Å². The first kappa shape index (κ1) is 24.5. The molecule has 4 N–H and O–H groups in total. The number of rotatable bonds is 9. The second kappa shape index (κ2) is 10.7. The van der Waals surface area contributed by atoms with Crippen LogP contribution >= 0.6 is 27.5 Å². The number of aliphatic hydroxyl groups excluding tert-OH is 1. The molecule has 2 atom stereocenters. The summed E-state index contributed by atoms with van der Waals surface area (Å²) in [7, 11) is -3.74. The molecule has 0 unspecified atom stereocenters. The summed E-state index contributed by atoms with van der Waals surface area (Å²) in [5.41, 5.74) is 1.95. The van der Waals surface area contributed by atoms with Gasteiger partial charge in [-0.3, -0.25) is 4.72 Å².